The quantitative estimate of drug-likeness (QED) is 0.650. The van der Waals surface area contributed by atoms with Crippen molar-refractivity contribution in [3.05, 3.63) is 12.2 Å². The van der Waals surface area contributed by atoms with Crippen LogP contribution in [0.2, 0.25) is 0 Å². The number of thioether (sulfide) groups is 1. The Morgan fingerprint density at radius 1 is 1.71 bits per heavy atom. The van der Waals surface area contributed by atoms with Crippen molar-refractivity contribution in [1.29, 1.82) is 0 Å². The van der Waals surface area contributed by atoms with Crippen LogP contribution in [0.1, 0.15) is 19.8 Å². The number of hydrogen-bond donors (Lipinski definition) is 0. The van der Waals surface area contributed by atoms with E-state index in [1.807, 2.05) is 11.8 Å². The van der Waals surface area contributed by atoms with E-state index in [1.54, 1.807) is 6.92 Å². The van der Waals surface area contributed by atoms with Crippen molar-refractivity contribution < 1.29 is 9.53 Å². The van der Waals surface area contributed by atoms with Gasteiger partial charge >= 0.3 is 0 Å². The Labute approximate surface area is 88.1 Å². The van der Waals surface area contributed by atoms with Crippen LogP contribution in [0.15, 0.2) is 12.2 Å². The summed E-state index contributed by atoms with van der Waals surface area (Å²) in [4.78, 5) is 11.2. The molecular weight excluding hydrogens is 196 g/mol. The fraction of sp³-hybridized carbons (Fsp3) is 0.727. The van der Waals surface area contributed by atoms with Crippen LogP contribution < -0.4 is 0 Å². The van der Waals surface area contributed by atoms with Gasteiger partial charge in [-0.25, -0.2) is 0 Å². The molecule has 2 saturated heterocycles. The maximum Gasteiger partial charge on any atom is 0.131 e. The van der Waals surface area contributed by atoms with Crippen LogP contribution in [0.3, 0.4) is 0 Å². The van der Waals surface area contributed by atoms with Crippen LogP contribution in [0.5, 0.6) is 0 Å². The number of rotatable bonds is 2. The van der Waals surface area contributed by atoms with E-state index in [4.69, 9.17) is 4.74 Å². The average Bonchev–Trinajstić information content (AvgIpc) is 2.75. The Hall–Kier alpha value is -0.280. The highest BCUT2D eigenvalue weighted by atomic mass is 32.2. The van der Waals surface area contributed by atoms with Crippen molar-refractivity contribution in [2.45, 2.75) is 36.7 Å². The highest BCUT2D eigenvalue weighted by molar-refractivity contribution is 8.00. The molecule has 0 amide bonds. The van der Waals surface area contributed by atoms with Gasteiger partial charge in [0.1, 0.15) is 11.4 Å². The highest BCUT2D eigenvalue weighted by Crippen LogP contribution is 2.55. The molecule has 0 N–H and O–H groups in total. The molecule has 0 aliphatic carbocycles. The number of carbonyl (C=O) groups excluding carboxylic acids is 1. The largest absolute Gasteiger partial charge is 0.362 e. The summed E-state index contributed by atoms with van der Waals surface area (Å²) < 4.78 is 6.01. The van der Waals surface area contributed by atoms with Crippen LogP contribution >= 0.6 is 11.8 Å². The van der Waals surface area contributed by atoms with Gasteiger partial charge in [-0.05, 0) is 19.1 Å². The number of fused-ring (bicyclic) bond motifs is 1. The van der Waals surface area contributed by atoms with Gasteiger partial charge < -0.3 is 4.74 Å². The first-order valence-corrected chi connectivity index (χ1v) is 6.24. The van der Waals surface area contributed by atoms with Crippen molar-refractivity contribution in [2.24, 2.45) is 5.92 Å². The number of carbonyl (C=O) groups is 1. The van der Waals surface area contributed by atoms with Crippen LogP contribution in [-0.2, 0) is 9.53 Å². The van der Waals surface area contributed by atoms with E-state index >= 15 is 0 Å². The molecule has 76 valence electrons. The van der Waals surface area contributed by atoms with Crippen LogP contribution in [0.4, 0.5) is 0 Å². The molecule has 0 aromatic rings. The standard InChI is InChI=1S/C11H14O2S/c1-7(12)4-10-11-3-2-9(13-11)5-8(11)6-14-10/h2-3,8-10H,4-6H2,1H3/t8-,9+,10-,11-/m0/s1. The van der Waals surface area contributed by atoms with Gasteiger partial charge in [0.25, 0.3) is 0 Å². The number of ketones is 1. The van der Waals surface area contributed by atoms with E-state index in [-0.39, 0.29) is 11.4 Å². The second kappa shape index (κ2) is 2.86. The monoisotopic (exact) mass is 210 g/mol. The third-order valence-corrected chi connectivity index (χ3v) is 5.09. The zero-order valence-electron chi connectivity index (χ0n) is 8.23. The average molecular weight is 210 g/mol. The predicted octanol–water partition coefficient (Wildman–Crippen LogP) is 1.79. The normalized spacial score (nSPS) is 48.5. The summed E-state index contributed by atoms with van der Waals surface area (Å²) >= 11 is 1.92. The molecule has 1 spiro atoms. The molecule has 2 nitrogen and oxygen atoms in total. The molecule has 2 fully saturated rings. The Morgan fingerprint density at radius 2 is 2.57 bits per heavy atom. The maximum absolute atomic E-state index is 11.2. The molecule has 0 radical (unpaired) electrons. The summed E-state index contributed by atoms with van der Waals surface area (Å²) in [5.74, 6) is 2.11. The topological polar surface area (TPSA) is 26.3 Å². The fourth-order valence-corrected chi connectivity index (χ4v) is 4.71. The minimum absolute atomic E-state index is 0.0684. The van der Waals surface area contributed by atoms with E-state index in [9.17, 15) is 4.79 Å². The Kier molecular flexibility index (Phi) is 1.83. The molecule has 0 saturated carbocycles. The van der Waals surface area contributed by atoms with E-state index in [2.05, 4.69) is 12.2 Å². The van der Waals surface area contributed by atoms with E-state index in [0.717, 1.165) is 6.42 Å². The molecule has 0 aromatic heterocycles. The molecule has 3 rings (SSSR count). The molecule has 3 heterocycles. The molecule has 14 heavy (non-hydrogen) atoms. The lowest BCUT2D eigenvalue weighted by atomic mass is 9.81. The van der Waals surface area contributed by atoms with Crippen molar-refractivity contribution in [1.82, 2.24) is 0 Å². The van der Waals surface area contributed by atoms with Gasteiger partial charge in [0, 0.05) is 17.6 Å². The second-order valence-corrected chi connectivity index (χ2v) is 5.77. The zero-order chi connectivity index (χ0) is 9.76. The van der Waals surface area contributed by atoms with Crippen molar-refractivity contribution in [3.63, 3.8) is 0 Å². The molecule has 2 bridgehead atoms. The minimum atomic E-state index is -0.0684. The Morgan fingerprint density at radius 3 is 3.29 bits per heavy atom. The van der Waals surface area contributed by atoms with Crippen molar-refractivity contribution in [3.8, 4) is 0 Å². The van der Waals surface area contributed by atoms with Crippen molar-refractivity contribution >= 4 is 17.5 Å². The summed E-state index contributed by atoms with van der Waals surface area (Å²) in [6, 6.07) is 0. The number of hydrogen-bond acceptors (Lipinski definition) is 3. The van der Waals surface area contributed by atoms with Crippen LogP contribution in [0, 0.1) is 5.92 Å². The summed E-state index contributed by atoms with van der Waals surface area (Å²) in [6.45, 7) is 1.68. The van der Waals surface area contributed by atoms with E-state index in [0.29, 0.717) is 23.7 Å². The second-order valence-electron chi connectivity index (χ2n) is 4.53. The maximum atomic E-state index is 11.2. The van der Waals surface area contributed by atoms with Gasteiger partial charge in [-0.1, -0.05) is 12.2 Å². The smallest absolute Gasteiger partial charge is 0.131 e. The molecule has 0 aromatic carbocycles. The summed E-state index contributed by atoms with van der Waals surface area (Å²) in [5.41, 5.74) is -0.0684. The molecule has 4 atom stereocenters. The molecule has 3 heteroatoms. The molecular formula is C11H14O2S. The van der Waals surface area contributed by atoms with Gasteiger partial charge in [0.05, 0.1) is 6.10 Å². The zero-order valence-corrected chi connectivity index (χ0v) is 9.05. The molecule has 0 unspecified atom stereocenters. The number of Topliss-reactive ketones (excluding diaryl/α,β-unsaturated/α-hetero) is 1. The predicted molar refractivity (Wildman–Crippen MR) is 56.4 cm³/mol. The molecule has 3 aliphatic rings. The van der Waals surface area contributed by atoms with Crippen LogP contribution in [0.25, 0.3) is 0 Å². The lowest BCUT2D eigenvalue weighted by Crippen LogP contribution is -2.38. The highest BCUT2D eigenvalue weighted by Gasteiger charge is 2.58. The third-order valence-electron chi connectivity index (χ3n) is 3.56. The third kappa shape index (κ3) is 1.06. The summed E-state index contributed by atoms with van der Waals surface area (Å²) in [5, 5.41) is 0.369. The SMILES string of the molecule is CC(=O)C[C@@H]1SC[C@@H]2C[C@H]3C=C[C@]21O3. The fourth-order valence-electron chi connectivity index (χ4n) is 2.91. The summed E-state index contributed by atoms with van der Waals surface area (Å²) in [6.07, 6.45) is 6.57. The van der Waals surface area contributed by atoms with Crippen molar-refractivity contribution in [2.75, 3.05) is 5.75 Å². The lowest BCUT2D eigenvalue weighted by Gasteiger charge is -2.28. The Bertz CT molecular complexity index is 312. The van der Waals surface area contributed by atoms with Gasteiger partial charge in [-0.3, -0.25) is 4.79 Å². The first-order valence-electron chi connectivity index (χ1n) is 5.19. The van der Waals surface area contributed by atoms with Gasteiger partial charge in [0.2, 0.25) is 0 Å². The first-order chi connectivity index (χ1) is 6.71. The number of ether oxygens (including phenoxy) is 1. The molecule has 3 aliphatic heterocycles. The van der Waals surface area contributed by atoms with Gasteiger partial charge in [-0.2, -0.15) is 11.8 Å². The van der Waals surface area contributed by atoms with Crippen LogP contribution in [-0.4, -0.2) is 28.5 Å². The summed E-state index contributed by atoms with van der Waals surface area (Å²) in [7, 11) is 0. The van der Waals surface area contributed by atoms with E-state index < -0.39 is 0 Å². The Balaban J connectivity index is 1.88. The minimum Gasteiger partial charge on any atom is -0.362 e. The van der Waals surface area contributed by atoms with Gasteiger partial charge in [0.15, 0.2) is 0 Å². The first kappa shape index (κ1) is 8.98. The van der Waals surface area contributed by atoms with Gasteiger partial charge in [-0.15, -0.1) is 0 Å². The van der Waals surface area contributed by atoms with E-state index in [1.165, 1.54) is 5.75 Å². The lowest BCUT2D eigenvalue weighted by molar-refractivity contribution is -0.117.